The first-order chi connectivity index (χ1) is 9.65. The predicted molar refractivity (Wildman–Crippen MR) is 80.4 cm³/mol. The number of nitrogens with one attached hydrogen (secondary N) is 2. The SMILES string of the molecule is CC(Nc1c(N)cnc2ccccc12)C(=O)NC1CC1. The number of para-hydroxylation sites is 1. The van der Waals surface area contributed by atoms with Gasteiger partial charge in [-0.25, -0.2) is 0 Å². The van der Waals surface area contributed by atoms with Gasteiger partial charge in [-0.2, -0.15) is 0 Å². The summed E-state index contributed by atoms with van der Waals surface area (Å²) >= 11 is 0. The van der Waals surface area contributed by atoms with Crippen LogP contribution in [0.25, 0.3) is 10.9 Å². The first kappa shape index (κ1) is 12.7. The molecule has 1 aromatic heterocycles. The van der Waals surface area contributed by atoms with Crippen LogP contribution < -0.4 is 16.4 Å². The number of carbonyl (C=O) groups excluding carboxylic acids is 1. The molecule has 1 aliphatic rings. The maximum atomic E-state index is 12.0. The fourth-order valence-electron chi connectivity index (χ4n) is 2.15. The van der Waals surface area contributed by atoms with Crippen LogP contribution in [0.15, 0.2) is 30.5 Å². The van der Waals surface area contributed by atoms with Gasteiger partial charge in [0.1, 0.15) is 6.04 Å². The average molecular weight is 270 g/mol. The quantitative estimate of drug-likeness (QED) is 0.792. The largest absolute Gasteiger partial charge is 0.396 e. The number of anilines is 2. The lowest BCUT2D eigenvalue weighted by Gasteiger charge is -2.18. The van der Waals surface area contributed by atoms with Gasteiger partial charge < -0.3 is 16.4 Å². The van der Waals surface area contributed by atoms with Gasteiger partial charge in [-0.15, -0.1) is 0 Å². The van der Waals surface area contributed by atoms with Crippen LogP contribution in [0, 0.1) is 0 Å². The highest BCUT2D eigenvalue weighted by Crippen LogP contribution is 2.28. The second-order valence-corrected chi connectivity index (χ2v) is 5.25. The number of rotatable bonds is 4. The average Bonchev–Trinajstić information content (AvgIpc) is 3.25. The smallest absolute Gasteiger partial charge is 0.242 e. The van der Waals surface area contributed by atoms with Crippen LogP contribution in [0.2, 0.25) is 0 Å². The van der Waals surface area contributed by atoms with Gasteiger partial charge in [0.15, 0.2) is 0 Å². The van der Waals surface area contributed by atoms with E-state index in [9.17, 15) is 4.79 Å². The molecule has 1 aliphatic carbocycles. The van der Waals surface area contributed by atoms with E-state index < -0.39 is 0 Å². The van der Waals surface area contributed by atoms with Crippen molar-refractivity contribution in [3.63, 3.8) is 0 Å². The van der Waals surface area contributed by atoms with E-state index in [1.54, 1.807) is 6.20 Å². The highest BCUT2D eigenvalue weighted by molar-refractivity contribution is 5.98. The summed E-state index contributed by atoms with van der Waals surface area (Å²) in [6, 6.07) is 7.77. The molecule has 0 radical (unpaired) electrons. The highest BCUT2D eigenvalue weighted by Gasteiger charge is 2.25. The molecule has 104 valence electrons. The standard InChI is InChI=1S/C15H18N4O/c1-9(15(20)19-10-6-7-10)18-14-11-4-2-3-5-13(11)17-8-12(14)16/h2-5,8-10H,6-7,16H2,1H3,(H,17,18)(H,19,20). The highest BCUT2D eigenvalue weighted by atomic mass is 16.2. The molecular formula is C15H18N4O. The van der Waals surface area contributed by atoms with Crippen molar-refractivity contribution in [2.24, 2.45) is 0 Å². The van der Waals surface area contributed by atoms with Crippen molar-refractivity contribution in [1.82, 2.24) is 10.3 Å². The lowest BCUT2D eigenvalue weighted by Crippen LogP contribution is -2.38. The number of carbonyl (C=O) groups is 1. The zero-order valence-electron chi connectivity index (χ0n) is 11.4. The number of nitrogen functional groups attached to an aromatic ring is 1. The summed E-state index contributed by atoms with van der Waals surface area (Å²) in [4.78, 5) is 16.3. The fraction of sp³-hybridized carbons (Fsp3) is 0.333. The number of amides is 1. The normalized spacial score (nSPS) is 15.8. The van der Waals surface area contributed by atoms with Crippen molar-refractivity contribution < 1.29 is 4.79 Å². The molecule has 4 N–H and O–H groups in total. The molecule has 5 nitrogen and oxygen atoms in total. The van der Waals surface area contributed by atoms with E-state index in [4.69, 9.17) is 5.73 Å². The van der Waals surface area contributed by atoms with Gasteiger partial charge >= 0.3 is 0 Å². The van der Waals surface area contributed by atoms with Gasteiger partial charge in [0.2, 0.25) is 5.91 Å². The maximum Gasteiger partial charge on any atom is 0.242 e. The topological polar surface area (TPSA) is 80.0 Å². The van der Waals surface area contributed by atoms with E-state index in [1.165, 1.54) is 0 Å². The van der Waals surface area contributed by atoms with Crippen LogP contribution in [-0.4, -0.2) is 23.0 Å². The Hall–Kier alpha value is -2.30. The van der Waals surface area contributed by atoms with Crippen molar-refractivity contribution in [2.45, 2.75) is 31.8 Å². The molecule has 1 saturated carbocycles. The van der Waals surface area contributed by atoms with Crippen LogP contribution >= 0.6 is 0 Å². The summed E-state index contributed by atoms with van der Waals surface area (Å²) in [7, 11) is 0. The van der Waals surface area contributed by atoms with E-state index >= 15 is 0 Å². The first-order valence-corrected chi connectivity index (χ1v) is 6.85. The number of pyridine rings is 1. The Morgan fingerprint density at radius 2 is 2.15 bits per heavy atom. The Labute approximate surface area is 117 Å². The van der Waals surface area contributed by atoms with Gasteiger partial charge in [0.05, 0.1) is 23.1 Å². The molecule has 1 heterocycles. The number of benzene rings is 1. The van der Waals surface area contributed by atoms with E-state index in [0.29, 0.717) is 11.7 Å². The summed E-state index contributed by atoms with van der Waals surface area (Å²) in [5.74, 6) is 0.00722. The summed E-state index contributed by atoms with van der Waals surface area (Å²) < 4.78 is 0. The lowest BCUT2D eigenvalue weighted by atomic mass is 10.1. The third kappa shape index (κ3) is 2.52. The van der Waals surface area contributed by atoms with Crippen LogP contribution in [0.4, 0.5) is 11.4 Å². The Bertz CT molecular complexity index is 651. The minimum atomic E-state index is -0.330. The summed E-state index contributed by atoms with van der Waals surface area (Å²) in [6.45, 7) is 1.84. The molecule has 3 rings (SSSR count). The molecule has 0 aliphatic heterocycles. The molecule has 1 aromatic carbocycles. The van der Waals surface area contributed by atoms with Gasteiger partial charge in [-0.3, -0.25) is 9.78 Å². The van der Waals surface area contributed by atoms with E-state index in [0.717, 1.165) is 29.4 Å². The molecule has 1 amide bonds. The number of aromatic nitrogens is 1. The van der Waals surface area contributed by atoms with Crippen LogP contribution in [0.5, 0.6) is 0 Å². The zero-order chi connectivity index (χ0) is 14.1. The fourth-order valence-corrected chi connectivity index (χ4v) is 2.15. The monoisotopic (exact) mass is 270 g/mol. The second kappa shape index (κ2) is 5.00. The van der Waals surface area contributed by atoms with E-state index in [1.807, 2.05) is 31.2 Å². The molecular weight excluding hydrogens is 252 g/mol. The molecule has 0 saturated heterocycles. The summed E-state index contributed by atoms with van der Waals surface area (Å²) in [5, 5.41) is 7.12. The van der Waals surface area contributed by atoms with Crippen molar-refractivity contribution in [3.05, 3.63) is 30.5 Å². The minimum absolute atomic E-state index is 0.00722. The van der Waals surface area contributed by atoms with E-state index in [2.05, 4.69) is 15.6 Å². The molecule has 0 bridgehead atoms. The van der Waals surface area contributed by atoms with Crippen LogP contribution in [0.3, 0.4) is 0 Å². The molecule has 0 spiro atoms. The van der Waals surface area contributed by atoms with Crippen LogP contribution in [0.1, 0.15) is 19.8 Å². The molecule has 20 heavy (non-hydrogen) atoms. The lowest BCUT2D eigenvalue weighted by molar-refractivity contribution is -0.121. The van der Waals surface area contributed by atoms with Crippen molar-refractivity contribution in [1.29, 1.82) is 0 Å². The van der Waals surface area contributed by atoms with Crippen molar-refractivity contribution in [3.8, 4) is 0 Å². The number of fused-ring (bicyclic) bond motifs is 1. The molecule has 5 heteroatoms. The number of hydrogen-bond acceptors (Lipinski definition) is 4. The van der Waals surface area contributed by atoms with Crippen LogP contribution in [-0.2, 0) is 4.79 Å². The molecule has 2 aromatic rings. The van der Waals surface area contributed by atoms with Gasteiger partial charge in [0, 0.05) is 11.4 Å². The maximum absolute atomic E-state index is 12.0. The number of nitrogens with zero attached hydrogens (tertiary/aromatic N) is 1. The third-order valence-corrected chi connectivity index (χ3v) is 3.48. The number of nitrogens with two attached hydrogens (primary N) is 1. The molecule has 1 atom stereocenters. The Morgan fingerprint density at radius 1 is 1.40 bits per heavy atom. The minimum Gasteiger partial charge on any atom is -0.396 e. The Balaban J connectivity index is 1.85. The first-order valence-electron chi connectivity index (χ1n) is 6.85. The molecule has 1 fully saturated rings. The Kier molecular flexibility index (Phi) is 3.18. The van der Waals surface area contributed by atoms with Gasteiger partial charge in [-0.1, -0.05) is 18.2 Å². The Morgan fingerprint density at radius 3 is 2.90 bits per heavy atom. The zero-order valence-corrected chi connectivity index (χ0v) is 11.4. The van der Waals surface area contributed by atoms with Crippen molar-refractivity contribution in [2.75, 3.05) is 11.1 Å². The van der Waals surface area contributed by atoms with E-state index in [-0.39, 0.29) is 11.9 Å². The second-order valence-electron chi connectivity index (χ2n) is 5.25. The predicted octanol–water partition coefficient (Wildman–Crippen LogP) is 1.90. The van der Waals surface area contributed by atoms with Gasteiger partial charge in [-0.05, 0) is 25.8 Å². The number of hydrogen-bond donors (Lipinski definition) is 3. The molecule has 1 unspecified atom stereocenters. The summed E-state index contributed by atoms with van der Waals surface area (Å²) in [6.07, 6.45) is 3.79. The van der Waals surface area contributed by atoms with Gasteiger partial charge in [0.25, 0.3) is 0 Å². The van der Waals surface area contributed by atoms with Crippen molar-refractivity contribution >= 4 is 28.2 Å². The summed E-state index contributed by atoms with van der Waals surface area (Å²) in [5.41, 5.74) is 8.18. The third-order valence-electron chi connectivity index (χ3n) is 3.48.